The molecular formula is C21H26O. The fraction of sp³-hybridized carbons (Fsp3) is 0.429. The molecule has 0 aromatic heterocycles. The van der Waals surface area contributed by atoms with E-state index >= 15 is 0 Å². The van der Waals surface area contributed by atoms with Crippen LogP contribution in [0.5, 0.6) is 5.75 Å². The summed E-state index contributed by atoms with van der Waals surface area (Å²) in [6, 6.07) is 9.09. The van der Waals surface area contributed by atoms with Gasteiger partial charge in [0.05, 0.1) is 0 Å². The van der Waals surface area contributed by atoms with Crippen LogP contribution in [0.25, 0.3) is 0 Å². The summed E-state index contributed by atoms with van der Waals surface area (Å²) in [4.78, 5) is 0. The molecule has 0 aliphatic carbocycles. The zero-order valence-electron chi connectivity index (χ0n) is 14.4. The number of ether oxygens (including phenoxy) is 1. The van der Waals surface area contributed by atoms with Crippen LogP contribution in [0.2, 0.25) is 0 Å². The summed E-state index contributed by atoms with van der Waals surface area (Å²) in [5.41, 5.74) is 9.55. The largest absolute Gasteiger partial charge is 0.485 e. The van der Waals surface area contributed by atoms with Gasteiger partial charge in [-0.3, -0.25) is 0 Å². The molecule has 0 spiro atoms. The maximum Gasteiger partial charge on any atom is 0.126 e. The molecule has 0 bridgehead atoms. The van der Waals surface area contributed by atoms with Crippen molar-refractivity contribution in [1.82, 2.24) is 0 Å². The van der Waals surface area contributed by atoms with Gasteiger partial charge in [-0.15, -0.1) is 0 Å². The van der Waals surface area contributed by atoms with Crippen LogP contribution >= 0.6 is 0 Å². The summed E-state index contributed by atoms with van der Waals surface area (Å²) in [5, 5.41) is 0. The molecule has 0 saturated heterocycles. The number of fused-ring (bicyclic) bond motifs is 1. The first-order valence-electron chi connectivity index (χ1n) is 8.37. The van der Waals surface area contributed by atoms with Gasteiger partial charge in [0, 0.05) is 0 Å². The Labute approximate surface area is 134 Å². The van der Waals surface area contributed by atoms with E-state index < -0.39 is 0 Å². The second kappa shape index (κ2) is 5.79. The van der Waals surface area contributed by atoms with Crippen molar-refractivity contribution in [1.29, 1.82) is 0 Å². The van der Waals surface area contributed by atoms with Gasteiger partial charge < -0.3 is 4.74 Å². The van der Waals surface area contributed by atoms with E-state index in [1.807, 2.05) is 0 Å². The van der Waals surface area contributed by atoms with Crippen LogP contribution in [0.15, 0.2) is 24.3 Å². The minimum Gasteiger partial charge on any atom is -0.485 e. The normalized spacial score (nSPS) is 17.0. The molecule has 1 nitrogen and oxygen atoms in total. The summed E-state index contributed by atoms with van der Waals surface area (Å²) >= 11 is 0. The van der Waals surface area contributed by atoms with Crippen molar-refractivity contribution in [2.24, 2.45) is 0 Å². The SMILES string of the molecule is CCc1c(C)ccc2c1O[C@H](c1cc(C)c(C)c(C)c1)CC2. The van der Waals surface area contributed by atoms with Gasteiger partial charge in [-0.2, -0.15) is 0 Å². The Kier molecular flexibility index (Phi) is 3.99. The van der Waals surface area contributed by atoms with Crippen molar-refractivity contribution in [3.63, 3.8) is 0 Å². The molecule has 1 aliphatic rings. The highest BCUT2D eigenvalue weighted by molar-refractivity contribution is 5.48. The Morgan fingerprint density at radius 1 is 1.00 bits per heavy atom. The van der Waals surface area contributed by atoms with E-state index in [0.717, 1.165) is 25.0 Å². The minimum atomic E-state index is 0.192. The lowest BCUT2D eigenvalue weighted by Crippen LogP contribution is -2.17. The molecular weight excluding hydrogens is 268 g/mol. The fourth-order valence-corrected chi connectivity index (χ4v) is 3.54. The molecule has 1 heterocycles. The summed E-state index contributed by atoms with van der Waals surface area (Å²) < 4.78 is 6.47. The predicted molar refractivity (Wildman–Crippen MR) is 92.9 cm³/mol. The third-order valence-corrected chi connectivity index (χ3v) is 5.19. The molecule has 116 valence electrons. The highest BCUT2D eigenvalue weighted by Crippen LogP contribution is 2.39. The van der Waals surface area contributed by atoms with E-state index in [1.165, 1.54) is 38.9 Å². The molecule has 1 aliphatic heterocycles. The summed E-state index contributed by atoms with van der Waals surface area (Å²) in [6.45, 7) is 11.0. The number of rotatable bonds is 2. The van der Waals surface area contributed by atoms with Crippen molar-refractivity contribution in [2.75, 3.05) is 0 Å². The van der Waals surface area contributed by atoms with Gasteiger partial charge in [0.1, 0.15) is 11.9 Å². The molecule has 0 unspecified atom stereocenters. The van der Waals surface area contributed by atoms with Gasteiger partial charge in [-0.05, 0) is 85.9 Å². The Balaban J connectivity index is 1.99. The van der Waals surface area contributed by atoms with E-state index in [4.69, 9.17) is 4.74 Å². The number of benzene rings is 2. The summed E-state index contributed by atoms with van der Waals surface area (Å²) in [7, 11) is 0. The molecule has 0 radical (unpaired) electrons. The minimum absolute atomic E-state index is 0.192. The topological polar surface area (TPSA) is 9.23 Å². The highest BCUT2D eigenvalue weighted by atomic mass is 16.5. The molecule has 2 aromatic carbocycles. The molecule has 0 fully saturated rings. The molecule has 22 heavy (non-hydrogen) atoms. The first-order valence-corrected chi connectivity index (χ1v) is 8.37. The first kappa shape index (κ1) is 15.1. The van der Waals surface area contributed by atoms with Crippen LogP contribution in [-0.4, -0.2) is 0 Å². The average Bonchev–Trinajstić information content (AvgIpc) is 2.51. The van der Waals surface area contributed by atoms with Crippen LogP contribution in [0.1, 0.15) is 58.4 Å². The van der Waals surface area contributed by atoms with Gasteiger partial charge in [0.2, 0.25) is 0 Å². The molecule has 2 aromatic rings. The van der Waals surface area contributed by atoms with Crippen LogP contribution in [0.4, 0.5) is 0 Å². The molecule has 3 rings (SSSR count). The first-order chi connectivity index (χ1) is 10.5. The standard InChI is InChI=1S/C21H26O/c1-6-19-13(2)7-8-17-9-10-20(22-21(17)19)18-11-14(3)16(5)15(4)12-18/h7-8,11-12,20H,6,9-10H2,1-5H3/t20-/m0/s1. The number of hydrogen-bond acceptors (Lipinski definition) is 1. The molecule has 1 heteroatoms. The van der Waals surface area contributed by atoms with E-state index in [0.29, 0.717) is 0 Å². The van der Waals surface area contributed by atoms with E-state index in [1.54, 1.807) is 0 Å². The second-order valence-electron chi connectivity index (χ2n) is 6.63. The quantitative estimate of drug-likeness (QED) is 0.705. The lowest BCUT2D eigenvalue weighted by molar-refractivity contribution is 0.174. The van der Waals surface area contributed by atoms with Crippen LogP contribution in [0.3, 0.4) is 0 Å². The Bertz CT molecular complexity index is 689. The third-order valence-electron chi connectivity index (χ3n) is 5.19. The van der Waals surface area contributed by atoms with Crippen molar-refractivity contribution in [3.8, 4) is 5.75 Å². The van der Waals surface area contributed by atoms with Gasteiger partial charge in [0.15, 0.2) is 0 Å². The predicted octanol–water partition coefficient (Wildman–Crippen LogP) is 5.55. The Morgan fingerprint density at radius 3 is 2.32 bits per heavy atom. The zero-order chi connectivity index (χ0) is 15.9. The van der Waals surface area contributed by atoms with Gasteiger partial charge >= 0.3 is 0 Å². The average molecular weight is 294 g/mol. The Morgan fingerprint density at radius 2 is 1.68 bits per heavy atom. The lowest BCUT2D eigenvalue weighted by atomic mass is 9.91. The van der Waals surface area contributed by atoms with Crippen molar-refractivity contribution < 1.29 is 4.74 Å². The summed E-state index contributed by atoms with van der Waals surface area (Å²) in [5.74, 6) is 1.15. The van der Waals surface area contributed by atoms with Gasteiger partial charge in [-0.25, -0.2) is 0 Å². The lowest BCUT2D eigenvalue weighted by Gasteiger charge is -2.29. The van der Waals surface area contributed by atoms with E-state index in [-0.39, 0.29) is 6.10 Å². The number of hydrogen-bond donors (Lipinski definition) is 0. The van der Waals surface area contributed by atoms with Crippen LogP contribution in [-0.2, 0) is 12.8 Å². The fourth-order valence-electron chi connectivity index (χ4n) is 3.54. The molecule has 0 amide bonds. The smallest absolute Gasteiger partial charge is 0.126 e. The van der Waals surface area contributed by atoms with Gasteiger partial charge in [-0.1, -0.05) is 31.2 Å². The Hall–Kier alpha value is -1.76. The maximum absolute atomic E-state index is 6.47. The maximum atomic E-state index is 6.47. The van der Waals surface area contributed by atoms with Crippen LogP contribution in [0, 0.1) is 27.7 Å². The van der Waals surface area contributed by atoms with Crippen molar-refractivity contribution in [3.05, 3.63) is 63.2 Å². The highest BCUT2D eigenvalue weighted by Gasteiger charge is 2.24. The zero-order valence-corrected chi connectivity index (χ0v) is 14.4. The second-order valence-corrected chi connectivity index (χ2v) is 6.63. The van der Waals surface area contributed by atoms with E-state index in [2.05, 4.69) is 58.9 Å². The van der Waals surface area contributed by atoms with E-state index in [9.17, 15) is 0 Å². The third kappa shape index (κ3) is 2.54. The van der Waals surface area contributed by atoms with Crippen LogP contribution < -0.4 is 4.74 Å². The molecule has 0 N–H and O–H groups in total. The molecule has 0 saturated carbocycles. The van der Waals surface area contributed by atoms with Crippen molar-refractivity contribution in [2.45, 2.75) is 60.0 Å². The molecule has 1 atom stereocenters. The van der Waals surface area contributed by atoms with Crippen molar-refractivity contribution >= 4 is 0 Å². The summed E-state index contributed by atoms with van der Waals surface area (Å²) in [6.07, 6.45) is 3.41. The number of aryl methyl sites for hydroxylation is 4. The monoisotopic (exact) mass is 294 g/mol. The van der Waals surface area contributed by atoms with Gasteiger partial charge in [0.25, 0.3) is 0 Å².